The summed E-state index contributed by atoms with van der Waals surface area (Å²) in [5.41, 5.74) is 1.35. The number of aryl methyl sites for hydroxylation is 1. The van der Waals surface area contributed by atoms with E-state index in [0.717, 1.165) is 18.2 Å². The number of likely N-dealkylation sites (tertiary alicyclic amines) is 1. The lowest BCUT2D eigenvalue weighted by atomic mass is 10.1. The molecule has 2 heterocycles. The van der Waals surface area contributed by atoms with Crippen molar-refractivity contribution in [3.8, 4) is 0 Å². The van der Waals surface area contributed by atoms with Crippen LogP contribution in [0.2, 0.25) is 0 Å². The van der Waals surface area contributed by atoms with Crippen LogP contribution in [0.15, 0.2) is 31.0 Å². The number of thiocarbonyl (C=S) groups is 1. The van der Waals surface area contributed by atoms with Gasteiger partial charge in [0.2, 0.25) is 0 Å². The third kappa shape index (κ3) is 3.38. The summed E-state index contributed by atoms with van der Waals surface area (Å²) in [4.78, 5) is 2.35. The Labute approximate surface area is 121 Å². The van der Waals surface area contributed by atoms with Gasteiger partial charge < -0.3 is 14.8 Å². The molecule has 1 aromatic heterocycles. The van der Waals surface area contributed by atoms with Gasteiger partial charge in [-0.1, -0.05) is 18.9 Å². The lowest BCUT2D eigenvalue weighted by Crippen LogP contribution is -2.42. The topological polar surface area (TPSA) is 20.2 Å². The van der Waals surface area contributed by atoms with Crippen molar-refractivity contribution in [3.63, 3.8) is 0 Å². The molecule has 0 radical (unpaired) electrons. The highest BCUT2D eigenvalue weighted by atomic mass is 32.1. The van der Waals surface area contributed by atoms with Crippen LogP contribution in [-0.4, -0.2) is 27.7 Å². The third-order valence-corrected chi connectivity index (χ3v) is 4.12. The molecule has 1 aromatic rings. The van der Waals surface area contributed by atoms with Crippen molar-refractivity contribution in [2.24, 2.45) is 7.05 Å². The summed E-state index contributed by atoms with van der Waals surface area (Å²) in [6, 6.07) is 4.71. The van der Waals surface area contributed by atoms with Gasteiger partial charge in [-0.2, -0.15) is 0 Å². The Kier molecular flexibility index (Phi) is 5.02. The summed E-state index contributed by atoms with van der Waals surface area (Å²) in [6.45, 7) is 5.51. The molecule has 0 spiro atoms. The van der Waals surface area contributed by atoms with E-state index in [1.54, 1.807) is 0 Å². The summed E-state index contributed by atoms with van der Waals surface area (Å²) in [6.07, 6.45) is 8.92. The Morgan fingerprint density at radius 2 is 2.37 bits per heavy atom. The molecule has 0 aliphatic carbocycles. The van der Waals surface area contributed by atoms with Gasteiger partial charge in [0.1, 0.15) is 0 Å². The molecule has 1 atom stereocenters. The zero-order valence-corrected chi connectivity index (χ0v) is 12.5. The normalized spacial score (nSPS) is 19.8. The first-order chi connectivity index (χ1) is 9.24. The quantitative estimate of drug-likeness (QED) is 0.677. The number of hydrogen-bond acceptors (Lipinski definition) is 1. The molecular formula is C15H23N3S. The lowest BCUT2D eigenvalue weighted by Gasteiger charge is -2.32. The molecule has 3 nitrogen and oxygen atoms in total. The van der Waals surface area contributed by atoms with Crippen LogP contribution in [-0.2, 0) is 7.05 Å². The standard InChI is InChI=1S/C15H23N3S/c1-3-10-16-15(19)18-12-6-4-5-8-14(18)13-9-7-11-17(13)2/h3,7,9,11,14H,1,4-6,8,10,12H2,2H3,(H,16,19)/t14-/m1/s1. The van der Waals surface area contributed by atoms with E-state index < -0.39 is 0 Å². The molecule has 1 N–H and O–H groups in total. The van der Waals surface area contributed by atoms with Crippen molar-refractivity contribution < 1.29 is 0 Å². The smallest absolute Gasteiger partial charge is 0.169 e. The van der Waals surface area contributed by atoms with E-state index in [9.17, 15) is 0 Å². The molecule has 19 heavy (non-hydrogen) atoms. The fourth-order valence-corrected chi connectivity index (χ4v) is 3.04. The van der Waals surface area contributed by atoms with Crippen LogP contribution in [0, 0.1) is 0 Å². The van der Waals surface area contributed by atoms with E-state index in [1.165, 1.54) is 31.4 Å². The highest BCUT2D eigenvalue weighted by molar-refractivity contribution is 7.80. The van der Waals surface area contributed by atoms with Gasteiger partial charge in [-0.25, -0.2) is 0 Å². The fourth-order valence-electron chi connectivity index (χ4n) is 2.74. The van der Waals surface area contributed by atoms with Crippen molar-refractivity contribution in [1.82, 2.24) is 14.8 Å². The summed E-state index contributed by atoms with van der Waals surface area (Å²) in [5, 5.41) is 4.13. The van der Waals surface area contributed by atoms with E-state index in [0.29, 0.717) is 6.04 Å². The second-order valence-electron chi connectivity index (χ2n) is 5.08. The van der Waals surface area contributed by atoms with Gasteiger partial charge in [0.15, 0.2) is 5.11 Å². The summed E-state index contributed by atoms with van der Waals surface area (Å²) in [5.74, 6) is 0. The first-order valence-electron chi connectivity index (χ1n) is 7.00. The summed E-state index contributed by atoms with van der Waals surface area (Å²) in [7, 11) is 2.11. The zero-order valence-electron chi connectivity index (χ0n) is 11.6. The second kappa shape index (κ2) is 6.75. The number of nitrogens with zero attached hydrogens (tertiary/aromatic N) is 2. The molecule has 1 fully saturated rings. The van der Waals surface area contributed by atoms with Gasteiger partial charge >= 0.3 is 0 Å². The first kappa shape index (κ1) is 14.1. The lowest BCUT2D eigenvalue weighted by molar-refractivity contribution is 0.307. The SMILES string of the molecule is C=CCNC(=S)N1CCCCC[C@@H]1c1cccn1C. The molecular weight excluding hydrogens is 254 g/mol. The van der Waals surface area contributed by atoms with Crippen LogP contribution >= 0.6 is 12.2 Å². The van der Waals surface area contributed by atoms with Gasteiger partial charge in [-0.3, -0.25) is 0 Å². The van der Waals surface area contributed by atoms with Crippen LogP contribution < -0.4 is 5.32 Å². The van der Waals surface area contributed by atoms with E-state index in [4.69, 9.17) is 12.2 Å². The predicted octanol–water partition coefficient (Wildman–Crippen LogP) is 3.00. The molecule has 0 aromatic carbocycles. The van der Waals surface area contributed by atoms with Gasteiger partial charge in [0.05, 0.1) is 6.04 Å². The fraction of sp³-hybridized carbons (Fsp3) is 0.533. The molecule has 0 unspecified atom stereocenters. The first-order valence-corrected chi connectivity index (χ1v) is 7.41. The Morgan fingerprint density at radius 1 is 1.53 bits per heavy atom. The van der Waals surface area contributed by atoms with E-state index in [1.807, 2.05) is 6.08 Å². The Morgan fingerprint density at radius 3 is 3.05 bits per heavy atom. The number of nitrogens with one attached hydrogen (secondary N) is 1. The molecule has 1 saturated heterocycles. The van der Waals surface area contributed by atoms with Crippen LogP contribution in [0.25, 0.3) is 0 Å². The van der Waals surface area contributed by atoms with Crippen LogP contribution in [0.4, 0.5) is 0 Å². The Bertz CT molecular complexity index is 438. The number of rotatable bonds is 3. The van der Waals surface area contributed by atoms with Gasteiger partial charge in [-0.15, -0.1) is 6.58 Å². The van der Waals surface area contributed by atoms with E-state index >= 15 is 0 Å². The average Bonchev–Trinajstić information content (AvgIpc) is 2.69. The molecule has 1 aliphatic heterocycles. The summed E-state index contributed by atoms with van der Waals surface area (Å²) < 4.78 is 2.21. The highest BCUT2D eigenvalue weighted by Gasteiger charge is 2.25. The van der Waals surface area contributed by atoms with Gasteiger partial charge in [0.25, 0.3) is 0 Å². The van der Waals surface area contributed by atoms with Crippen molar-refractivity contribution in [1.29, 1.82) is 0 Å². The van der Waals surface area contributed by atoms with Crippen molar-refractivity contribution in [2.75, 3.05) is 13.1 Å². The molecule has 104 valence electrons. The minimum absolute atomic E-state index is 0.396. The van der Waals surface area contributed by atoms with Crippen LogP contribution in [0.3, 0.4) is 0 Å². The zero-order chi connectivity index (χ0) is 13.7. The minimum atomic E-state index is 0.396. The maximum Gasteiger partial charge on any atom is 0.169 e. The van der Waals surface area contributed by atoms with Crippen LogP contribution in [0.1, 0.15) is 37.4 Å². The van der Waals surface area contributed by atoms with E-state index in [-0.39, 0.29) is 0 Å². The summed E-state index contributed by atoms with van der Waals surface area (Å²) >= 11 is 5.55. The molecule has 0 amide bonds. The monoisotopic (exact) mass is 277 g/mol. The maximum absolute atomic E-state index is 5.55. The number of aromatic nitrogens is 1. The highest BCUT2D eigenvalue weighted by Crippen LogP contribution is 2.30. The van der Waals surface area contributed by atoms with Gasteiger partial charge in [0, 0.05) is 32.0 Å². The number of hydrogen-bond donors (Lipinski definition) is 1. The molecule has 1 aliphatic rings. The van der Waals surface area contributed by atoms with Gasteiger partial charge in [-0.05, 0) is 37.2 Å². The Hall–Kier alpha value is -1.29. The van der Waals surface area contributed by atoms with Crippen LogP contribution in [0.5, 0.6) is 0 Å². The average molecular weight is 277 g/mol. The largest absolute Gasteiger partial charge is 0.359 e. The van der Waals surface area contributed by atoms with Crippen molar-refractivity contribution in [2.45, 2.75) is 31.7 Å². The Balaban J connectivity index is 2.18. The molecule has 0 bridgehead atoms. The maximum atomic E-state index is 5.55. The molecule has 0 saturated carbocycles. The molecule has 2 rings (SSSR count). The van der Waals surface area contributed by atoms with Crippen molar-refractivity contribution >= 4 is 17.3 Å². The predicted molar refractivity (Wildman–Crippen MR) is 84.1 cm³/mol. The van der Waals surface area contributed by atoms with E-state index in [2.05, 4.69) is 46.7 Å². The molecule has 4 heteroatoms. The third-order valence-electron chi connectivity index (χ3n) is 3.74. The van der Waals surface area contributed by atoms with Crippen molar-refractivity contribution in [3.05, 3.63) is 36.7 Å². The second-order valence-corrected chi connectivity index (χ2v) is 5.46. The minimum Gasteiger partial charge on any atom is -0.359 e.